The molecule has 176 valence electrons. The number of nitriles is 1. The fourth-order valence-corrected chi connectivity index (χ4v) is 4.18. The summed E-state index contributed by atoms with van der Waals surface area (Å²) in [6, 6.07) is 19.4. The topological polar surface area (TPSA) is 93.5 Å². The molecular formula is C27H30N4O3. The largest absolute Gasteiger partial charge is 0.457 e. The minimum Gasteiger partial charge on any atom is -0.457 e. The second kappa shape index (κ2) is 9.52. The number of likely N-dealkylation sites (tertiary alicyclic amines) is 1. The van der Waals surface area contributed by atoms with E-state index in [2.05, 4.69) is 6.07 Å². The van der Waals surface area contributed by atoms with Crippen molar-refractivity contribution in [1.29, 1.82) is 5.26 Å². The Labute approximate surface area is 200 Å². The Kier molecular flexibility index (Phi) is 6.51. The molecule has 1 fully saturated rings. The Bertz CT molecular complexity index is 1180. The van der Waals surface area contributed by atoms with Gasteiger partial charge >= 0.3 is 6.09 Å². The Morgan fingerprint density at radius 2 is 1.65 bits per heavy atom. The van der Waals surface area contributed by atoms with Crippen molar-refractivity contribution in [1.82, 2.24) is 9.47 Å². The maximum Gasteiger partial charge on any atom is 0.410 e. The van der Waals surface area contributed by atoms with E-state index in [-0.39, 0.29) is 12.0 Å². The van der Waals surface area contributed by atoms with E-state index in [9.17, 15) is 10.1 Å². The summed E-state index contributed by atoms with van der Waals surface area (Å²) in [6.07, 6.45) is 3.20. The summed E-state index contributed by atoms with van der Waals surface area (Å²) < 4.78 is 13.2. The minimum absolute atomic E-state index is 0.174. The van der Waals surface area contributed by atoms with Crippen molar-refractivity contribution in [3.05, 3.63) is 72.1 Å². The molecular weight excluding hydrogens is 428 g/mol. The van der Waals surface area contributed by atoms with Crippen molar-refractivity contribution >= 4 is 11.8 Å². The number of piperidine rings is 1. The first kappa shape index (κ1) is 23.2. The number of amides is 1. The van der Waals surface area contributed by atoms with Crippen molar-refractivity contribution in [2.24, 2.45) is 0 Å². The molecule has 7 nitrogen and oxygen atoms in total. The number of para-hydroxylation sites is 1. The van der Waals surface area contributed by atoms with Gasteiger partial charge in [-0.05, 0) is 81.5 Å². The first-order valence-electron chi connectivity index (χ1n) is 11.5. The van der Waals surface area contributed by atoms with Crippen LogP contribution in [0.25, 0.3) is 5.69 Å². The van der Waals surface area contributed by atoms with Crippen LogP contribution in [0.1, 0.15) is 50.8 Å². The number of carbonyl (C=O) groups excluding carboxylic acids is 1. The number of ether oxygens (including phenoxy) is 2. The summed E-state index contributed by atoms with van der Waals surface area (Å²) in [5.41, 5.74) is 8.61. The Hall–Kier alpha value is -3.92. The number of carbonyl (C=O) groups is 1. The molecule has 1 amide bonds. The quantitative estimate of drug-likeness (QED) is 0.530. The third-order valence-electron chi connectivity index (χ3n) is 5.86. The van der Waals surface area contributed by atoms with Crippen LogP contribution in [-0.2, 0) is 4.74 Å². The van der Waals surface area contributed by atoms with Crippen LogP contribution in [0, 0.1) is 11.3 Å². The number of rotatable bonds is 4. The van der Waals surface area contributed by atoms with Gasteiger partial charge in [0.1, 0.15) is 28.9 Å². The van der Waals surface area contributed by atoms with E-state index in [4.69, 9.17) is 15.2 Å². The average molecular weight is 459 g/mol. The number of hydrogen-bond donors (Lipinski definition) is 1. The first-order valence-corrected chi connectivity index (χ1v) is 11.5. The van der Waals surface area contributed by atoms with Gasteiger partial charge < -0.3 is 24.7 Å². The summed E-state index contributed by atoms with van der Waals surface area (Å²) in [7, 11) is 0. The molecule has 0 saturated carbocycles. The van der Waals surface area contributed by atoms with Crippen molar-refractivity contribution in [2.45, 2.75) is 45.1 Å². The maximum absolute atomic E-state index is 12.4. The fourth-order valence-electron chi connectivity index (χ4n) is 4.18. The molecule has 4 rings (SSSR count). The van der Waals surface area contributed by atoms with Crippen LogP contribution in [0.5, 0.6) is 11.5 Å². The monoisotopic (exact) mass is 458 g/mol. The predicted molar refractivity (Wildman–Crippen MR) is 131 cm³/mol. The zero-order valence-corrected chi connectivity index (χ0v) is 19.8. The number of anilines is 1. The molecule has 0 unspecified atom stereocenters. The molecule has 3 aromatic rings. The van der Waals surface area contributed by atoms with E-state index < -0.39 is 5.60 Å². The van der Waals surface area contributed by atoms with Crippen LogP contribution in [0.15, 0.2) is 60.8 Å². The maximum atomic E-state index is 12.4. The molecule has 2 heterocycles. The van der Waals surface area contributed by atoms with Gasteiger partial charge in [-0.1, -0.05) is 18.2 Å². The smallest absolute Gasteiger partial charge is 0.410 e. The number of nitrogens with two attached hydrogens (primary N) is 1. The van der Waals surface area contributed by atoms with Crippen LogP contribution in [-0.4, -0.2) is 34.3 Å². The molecule has 1 aromatic heterocycles. The first-order chi connectivity index (χ1) is 16.2. The standard InChI is InChI=1S/C27H30N4O3/c1-27(2,3)34-26(32)30-15-13-19(14-16-30)23-18-31(24(17-28)25(23)29)20-9-11-22(12-10-20)33-21-7-5-4-6-8-21/h4-12,18-19H,13-16,29H2,1-3H3. The molecule has 2 N–H and O–H groups in total. The highest BCUT2D eigenvalue weighted by molar-refractivity contribution is 5.68. The van der Waals surface area contributed by atoms with Gasteiger partial charge in [-0.2, -0.15) is 5.26 Å². The van der Waals surface area contributed by atoms with Gasteiger partial charge in [0.2, 0.25) is 0 Å². The van der Waals surface area contributed by atoms with E-state index in [1.807, 2.05) is 86.1 Å². The van der Waals surface area contributed by atoms with E-state index in [0.29, 0.717) is 30.2 Å². The Morgan fingerprint density at radius 1 is 1.03 bits per heavy atom. The van der Waals surface area contributed by atoms with Gasteiger partial charge in [-0.3, -0.25) is 0 Å². The number of benzene rings is 2. The number of aromatic nitrogens is 1. The highest BCUT2D eigenvalue weighted by Gasteiger charge is 2.30. The molecule has 0 aliphatic carbocycles. The van der Waals surface area contributed by atoms with Crippen LogP contribution in [0.4, 0.5) is 10.5 Å². The lowest BCUT2D eigenvalue weighted by Crippen LogP contribution is -2.41. The lowest BCUT2D eigenvalue weighted by Gasteiger charge is -2.33. The van der Waals surface area contributed by atoms with Gasteiger partial charge in [0, 0.05) is 25.0 Å². The summed E-state index contributed by atoms with van der Waals surface area (Å²) in [5, 5.41) is 9.80. The number of nitrogen functional groups attached to an aromatic ring is 1. The van der Waals surface area contributed by atoms with E-state index in [0.717, 1.165) is 29.8 Å². The lowest BCUT2D eigenvalue weighted by atomic mass is 9.90. The SMILES string of the molecule is CC(C)(C)OC(=O)N1CCC(c2cn(-c3ccc(Oc4ccccc4)cc3)c(C#N)c2N)CC1. The van der Waals surface area contributed by atoms with Gasteiger partial charge in [0.25, 0.3) is 0 Å². The molecule has 0 spiro atoms. The molecule has 1 saturated heterocycles. The predicted octanol–water partition coefficient (Wildman–Crippen LogP) is 5.84. The molecule has 1 aliphatic rings. The number of nitrogens with zero attached hydrogens (tertiary/aromatic N) is 3. The van der Waals surface area contributed by atoms with Crippen LogP contribution < -0.4 is 10.5 Å². The van der Waals surface area contributed by atoms with Gasteiger partial charge in [0.15, 0.2) is 0 Å². The molecule has 0 radical (unpaired) electrons. The molecule has 0 bridgehead atoms. The van der Waals surface area contributed by atoms with Crippen molar-refractivity contribution in [3.8, 4) is 23.3 Å². The second-order valence-corrected chi connectivity index (χ2v) is 9.48. The number of hydrogen-bond acceptors (Lipinski definition) is 5. The third-order valence-corrected chi connectivity index (χ3v) is 5.86. The van der Waals surface area contributed by atoms with Crippen molar-refractivity contribution in [2.75, 3.05) is 18.8 Å². The second-order valence-electron chi connectivity index (χ2n) is 9.48. The average Bonchev–Trinajstić information content (AvgIpc) is 3.15. The highest BCUT2D eigenvalue weighted by Crippen LogP contribution is 2.36. The van der Waals surface area contributed by atoms with Gasteiger partial charge in [-0.25, -0.2) is 4.79 Å². The normalized spacial score (nSPS) is 14.5. The molecule has 2 aromatic carbocycles. The van der Waals surface area contributed by atoms with Gasteiger partial charge in [0.05, 0.1) is 5.69 Å². The van der Waals surface area contributed by atoms with Crippen molar-refractivity contribution < 1.29 is 14.3 Å². The molecule has 0 atom stereocenters. The highest BCUT2D eigenvalue weighted by atomic mass is 16.6. The summed E-state index contributed by atoms with van der Waals surface area (Å²) in [6.45, 7) is 6.79. The molecule has 34 heavy (non-hydrogen) atoms. The van der Waals surface area contributed by atoms with E-state index >= 15 is 0 Å². The van der Waals surface area contributed by atoms with E-state index in [1.54, 1.807) is 4.90 Å². The zero-order valence-electron chi connectivity index (χ0n) is 19.8. The Morgan fingerprint density at radius 3 is 2.24 bits per heavy atom. The van der Waals surface area contributed by atoms with Crippen molar-refractivity contribution in [3.63, 3.8) is 0 Å². The summed E-state index contributed by atoms with van der Waals surface area (Å²) in [5.74, 6) is 1.65. The third kappa shape index (κ3) is 5.18. The molecule has 1 aliphatic heterocycles. The summed E-state index contributed by atoms with van der Waals surface area (Å²) >= 11 is 0. The molecule has 7 heteroatoms. The van der Waals surface area contributed by atoms with E-state index in [1.165, 1.54) is 0 Å². The van der Waals surface area contributed by atoms with Crippen LogP contribution in [0.2, 0.25) is 0 Å². The zero-order chi connectivity index (χ0) is 24.3. The van der Waals surface area contributed by atoms with Gasteiger partial charge in [-0.15, -0.1) is 0 Å². The summed E-state index contributed by atoms with van der Waals surface area (Å²) in [4.78, 5) is 14.1. The minimum atomic E-state index is -0.515. The fraction of sp³-hybridized carbons (Fsp3) is 0.333. The Balaban J connectivity index is 1.49. The van der Waals surface area contributed by atoms with Crippen LogP contribution >= 0.6 is 0 Å². The lowest BCUT2D eigenvalue weighted by molar-refractivity contribution is 0.0205. The van der Waals surface area contributed by atoms with Crippen LogP contribution in [0.3, 0.4) is 0 Å².